The van der Waals surface area contributed by atoms with E-state index in [-0.39, 0.29) is 5.41 Å². The monoisotopic (exact) mass is 287 g/mol. The van der Waals surface area contributed by atoms with Crippen LogP contribution in [-0.4, -0.2) is 0 Å². The van der Waals surface area contributed by atoms with Gasteiger partial charge >= 0.3 is 0 Å². The van der Waals surface area contributed by atoms with E-state index in [9.17, 15) is 0 Å². The molecule has 0 saturated carbocycles. The molecule has 0 amide bonds. The van der Waals surface area contributed by atoms with Gasteiger partial charge in [0.1, 0.15) is 0 Å². The second-order valence-corrected chi connectivity index (χ2v) is 7.70. The van der Waals surface area contributed by atoms with Crippen molar-refractivity contribution in [1.82, 2.24) is 5.32 Å². The van der Waals surface area contributed by atoms with Gasteiger partial charge in [0.25, 0.3) is 0 Å². The Kier molecular flexibility index (Phi) is 4.66. The van der Waals surface area contributed by atoms with E-state index in [4.69, 9.17) is 0 Å². The Morgan fingerprint density at radius 1 is 1.05 bits per heavy atom. The maximum Gasteiger partial charge on any atom is 0.0305 e. The van der Waals surface area contributed by atoms with Crippen molar-refractivity contribution in [3.8, 4) is 0 Å². The Morgan fingerprint density at radius 3 is 2.25 bits per heavy atom. The summed E-state index contributed by atoms with van der Waals surface area (Å²) in [5.74, 6) is 0. The third-order valence-corrected chi connectivity index (χ3v) is 5.07. The van der Waals surface area contributed by atoms with E-state index in [1.807, 2.05) is 11.3 Å². The number of benzene rings is 1. The summed E-state index contributed by atoms with van der Waals surface area (Å²) >= 11 is 1.92. The first-order valence-corrected chi connectivity index (χ1v) is 8.07. The number of nitrogens with one attached hydrogen (secondary N) is 1. The molecule has 1 aromatic heterocycles. The van der Waals surface area contributed by atoms with Crippen LogP contribution in [0.15, 0.2) is 36.4 Å². The highest BCUT2D eigenvalue weighted by molar-refractivity contribution is 7.12. The fourth-order valence-corrected chi connectivity index (χ4v) is 3.12. The first-order valence-electron chi connectivity index (χ1n) is 7.25. The molecule has 108 valence electrons. The van der Waals surface area contributed by atoms with Gasteiger partial charge in [0.05, 0.1) is 0 Å². The summed E-state index contributed by atoms with van der Waals surface area (Å²) in [5.41, 5.74) is 2.92. The van der Waals surface area contributed by atoms with Gasteiger partial charge in [-0.25, -0.2) is 0 Å². The second-order valence-electron chi connectivity index (χ2n) is 6.53. The van der Waals surface area contributed by atoms with Gasteiger partial charge in [-0.2, -0.15) is 0 Å². The normalized spacial score (nSPS) is 13.4. The lowest BCUT2D eigenvalue weighted by atomic mass is 9.95. The molecular weight excluding hydrogens is 262 g/mol. The molecule has 0 aliphatic heterocycles. The minimum Gasteiger partial charge on any atom is -0.305 e. The van der Waals surface area contributed by atoms with Gasteiger partial charge in [-0.05, 0) is 37.0 Å². The number of thiophene rings is 1. The molecule has 20 heavy (non-hydrogen) atoms. The Balaban J connectivity index is 1.95. The van der Waals surface area contributed by atoms with E-state index in [0.29, 0.717) is 6.04 Å². The molecule has 0 radical (unpaired) electrons. The van der Waals surface area contributed by atoms with Gasteiger partial charge in [0, 0.05) is 22.3 Å². The third-order valence-electron chi connectivity index (χ3n) is 3.56. The molecule has 0 fully saturated rings. The maximum atomic E-state index is 3.61. The first kappa shape index (κ1) is 15.3. The highest BCUT2D eigenvalue weighted by atomic mass is 32.1. The predicted octanol–water partition coefficient (Wildman–Crippen LogP) is 5.20. The molecule has 0 spiro atoms. The van der Waals surface area contributed by atoms with Crippen LogP contribution in [-0.2, 0) is 12.0 Å². The molecule has 0 aliphatic carbocycles. The van der Waals surface area contributed by atoms with Crippen molar-refractivity contribution in [2.45, 2.75) is 52.6 Å². The Hall–Kier alpha value is -1.12. The summed E-state index contributed by atoms with van der Waals surface area (Å²) in [4.78, 5) is 2.87. The third kappa shape index (κ3) is 3.94. The van der Waals surface area contributed by atoms with E-state index in [1.165, 1.54) is 20.9 Å². The van der Waals surface area contributed by atoms with Crippen molar-refractivity contribution in [3.05, 3.63) is 57.3 Å². The lowest BCUT2D eigenvalue weighted by molar-refractivity contribution is 0.579. The van der Waals surface area contributed by atoms with E-state index in [2.05, 4.69) is 76.3 Å². The fraction of sp³-hybridized carbons (Fsp3) is 0.444. The molecule has 1 nitrogen and oxygen atoms in total. The van der Waals surface area contributed by atoms with Crippen LogP contribution >= 0.6 is 11.3 Å². The second kappa shape index (κ2) is 6.11. The molecule has 0 bridgehead atoms. The van der Waals surface area contributed by atoms with Crippen LogP contribution in [0.3, 0.4) is 0 Å². The summed E-state index contributed by atoms with van der Waals surface area (Å²) in [5, 5.41) is 3.61. The molecule has 1 heterocycles. The molecule has 1 aromatic carbocycles. The van der Waals surface area contributed by atoms with Crippen LogP contribution in [0.2, 0.25) is 0 Å². The molecule has 2 aromatic rings. The topological polar surface area (TPSA) is 12.0 Å². The zero-order chi connectivity index (χ0) is 14.8. The lowest BCUT2D eigenvalue weighted by Gasteiger charge is -2.16. The minimum atomic E-state index is 0.255. The van der Waals surface area contributed by atoms with Crippen LogP contribution in [0.25, 0.3) is 0 Å². The lowest BCUT2D eigenvalue weighted by Crippen LogP contribution is -2.17. The zero-order valence-corrected chi connectivity index (χ0v) is 14.0. The average Bonchev–Trinajstić information content (AvgIpc) is 2.85. The smallest absolute Gasteiger partial charge is 0.0305 e. The van der Waals surface area contributed by atoms with Gasteiger partial charge in [-0.1, -0.05) is 50.6 Å². The van der Waals surface area contributed by atoms with Gasteiger partial charge in [0.15, 0.2) is 0 Å². The van der Waals surface area contributed by atoms with Crippen molar-refractivity contribution in [3.63, 3.8) is 0 Å². The van der Waals surface area contributed by atoms with E-state index in [1.54, 1.807) is 0 Å². The van der Waals surface area contributed by atoms with Crippen LogP contribution in [0, 0.1) is 6.92 Å². The highest BCUT2D eigenvalue weighted by Gasteiger charge is 2.16. The maximum absolute atomic E-state index is 3.61. The first-order chi connectivity index (χ1) is 9.36. The molecule has 2 rings (SSSR count). The van der Waals surface area contributed by atoms with Crippen molar-refractivity contribution in [2.75, 3.05) is 0 Å². The fourth-order valence-electron chi connectivity index (χ4n) is 2.10. The standard InChI is InChI=1S/C18H25NS/c1-13-6-8-15(9-7-13)14(2)19-12-16-10-11-17(20-16)18(3,4)5/h6-11,14,19H,12H2,1-5H3/t14-/m1/s1. The summed E-state index contributed by atoms with van der Waals surface area (Å²) in [6.45, 7) is 12.1. The predicted molar refractivity (Wildman–Crippen MR) is 89.5 cm³/mol. The van der Waals surface area contributed by atoms with Crippen molar-refractivity contribution >= 4 is 11.3 Å². The Morgan fingerprint density at radius 2 is 1.70 bits per heavy atom. The van der Waals surface area contributed by atoms with Crippen molar-refractivity contribution in [1.29, 1.82) is 0 Å². The summed E-state index contributed by atoms with van der Waals surface area (Å²) in [6, 6.07) is 13.7. The van der Waals surface area contributed by atoms with Gasteiger partial charge < -0.3 is 5.32 Å². The van der Waals surface area contributed by atoms with Gasteiger partial charge in [-0.3, -0.25) is 0 Å². The average molecular weight is 287 g/mol. The SMILES string of the molecule is Cc1ccc([C@@H](C)NCc2ccc(C(C)(C)C)s2)cc1. The van der Waals surface area contributed by atoms with E-state index >= 15 is 0 Å². The summed E-state index contributed by atoms with van der Waals surface area (Å²) < 4.78 is 0. The largest absolute Gasteiger partial charge is 0.305 e. The van der Waals surface area contributed by atoms with E-state index < -0.39 is 0 Å². The number of hydrogen-bond acceptors (Lipinski definition) is 2. The number of rotatable bonds is 4. The molecule has 1 N–H and O–H groups in total. The van der Waals surface area contributed by atoms with Crippen LogP contribution in [0.4, 0.5) is 0 Å². The van der Waals surface area contributed by atoms with Crippen LogP contribution in [0.1, 0.15) is 54.6 Å². The number of hydrogen-bond donors (Lipinski definition) is 1. The van der Waals surface area contributed by atoms with Crippen molar-refractivity contribution < 1.29 is 0 Å². The quantitative estimate of drug-likeness (QED) is 0.814. The molecular formula is C18H25NS. The molecule has 2 heteroatoms. The van der Waals surface area contributed by atoms with Gasteiger partial charge in [0.2, 0.25) is 0 Å². The Bertz CT molecular complexity index is 546. The summed E-state index contributed by atoms with van der Waals surface area (Å²) in [7, 11) is 0. The summed E-state index contributed by atoms with van der Waals surface area (Å²) in [6.07, 6.45) is 0. The molecule has 0 aliphatic rings. The minimum absolute atomic E-state index is 0.255. The number of aryl methyl sites for hydroxylation is 1. The van der Waals surface area contributed by atoms with Crippen molar-refractivity contribution in [2.24, 2.45) is 0 Å². The molecule has 1 atom stereocenters. The van der Waals surface area contributed by atoms with E-state index in [0.717, 1.165) is 6.54 Å². The zero-order valence-electron chi connectivity index (χ0n) is 13.2. The molecule has 0 saturated heterocycles. The van der Waals surface area contributed by atoms with Gasteiger partial charge in [-0.15, -0.1) is 11.3 Å². The Labute approximate surface area is 127 Å². The van der Waals surface area contributed by atoms with Crippen LogP contribution in [0.5, 0.6) is 0 Å². The van der Waals surface area contributed by atoms with Crippen LogP contribution < -0.4 is 5.32 Å². The molecule has 0 unspecified atom stereocenters. The highest BCUT2D eigenvalue weighted by Crippen LogP contribution is 2.29.